The van der Waals surface area contributed by atoms with Crippen molar-refractivity contribution in [3.05, 3.63) is 22.4 Å². The van der Waals surface area contributed by atoms with Crippen molar-refractivity contribution >= 4 is 23.2 Å². The standard InChI is InChI=1S/C14H18N2O2S/c1-9-12(17)16(7-10-5-6-19-8-10)14(2,11-3-4-11)13(18)15-9/h5-6,8-9,11H,3-4,7H2,1-2H3,(H,15,18). The molecule has 1 aromatic rings. The van der Waals surface area contributed by atoms with Crippen LogP contribution in [-0.4, -0.2) is 28.3 Å². The molecule has 2 atom stereocenters. The molecule has 1 aliphatic heterocycles. The molecule has 1 saturated heterocycles. The van der Waals surface area contributed by atoms with E-state index in [1.807, 2.05) is 23.8 Å². The van der Waals surface area contributed by atoms with Crippen LogP contribution in [0.4, 0.5) is 0 Å². The zero-order chi connectivity index (χ0) is 13.6. The number of hydrogen-bond donors (Lipinski definition) is 1. The highest BCUT2D eigenvalue weighted by Crippen LogP contribution is 2.45. The summed E-state index contributed by atoms with van der Waals surface area (Å²) in [5.41, 5.74) is 0.429. The van der Waals surface area contributed by atoms with Crippen molar-refractivity contribution in [1.29, 1.82) is 0 Å². The van der Waals surface area contributed by atoms with Gasteiger partial charge in [0, 0.05) is 6.54 Å². The Morgan fingerprint density at radius 1 is 1.47 bits per heavy atom. The van der Waals surface area contributed by atoms with Gasteiger partial charge in [-0.1, -0.05) is 0 Å². The summed E-state index contributed by atoms with van der Waals surface area (Å²) in [6.07, 6.45) is 2.07. The van der Waals surface area contributed by atoms with Crippen LogP contribution >= 0.6 is 11.3 Å². The lowest BCUT2D eigenvalue weighted by molar-refractivity contribution is -0.158. The molecule has 0 bridgehead atoms. The zero-order valence-electron chi connectivity index (χ0n) is 11.2. The van der Waals surface area contributed by atoms with E-state index in [4.69, 9.17) is 0 Å². The van der Waals surface area contributed by atoms with Crippen molar-refractivity contribution in [2.45, 2.75) is 44.8 Å². The quantitative estimate of drug-likeness (QED) is 0.916. The maximum absolute atomic E-state index is 12.5. The first-order valence-electron chi connectivity index (χ1n) is 6.67. The summed E-state index contributed by atoms with van der Waals surface area (Å²) in [5, 5.41) is 6.86. The second-order valence-corrected chi connectivity index (χ2v) is 6.45. The molecule has 4 nitrogen and oxygen atoms in total. The van der Waals surface area contributed by atoms with E-state index in [0.29, 0.717) is 12.5 Å². The van der Waals surface area contributed by atoms with Gasteiger partial charge < -0.3 is 10.2 Å². The summed E-state index contributed by atoms with van der Waals surface area (Å²) in [4.78, 5) is 26.6. The number of nitrogens with zero attached hydrogens (tertiary/aromatic N) is 1. The van der Waals surface area contributed by atoms with E-state index in [1.165, 1.54) is 0 Å². The number of thiophene rings is 1. The second-order valence-electron chi connectivity index (χ2n) is 5.67. The fraction of sp³-hybridized carbons (Fsp3) is 0.571. The molecule has 0 aromatic carbocycles. The summed E-state index contributed by atoms with van der Waals surface area (Å²) in [7, 11) is 0. The molecular formula is C14H18N2O2S. The summed E-state index contributed by atoms with van der Waals surface area (Å²) in [6, 6.07) is 1.60. The molecule has 2 amide bonds. The first kappa shape index (κ1) is 12.7. The van der Waals surface area contributed by atoms with E-state index in [1.54, 1.807) is 23.2 Å². The monoisotopic (exact) mass is 278 g/mol. The van der Waals surface area contributed by atoms with Crippen LogP contribution < -0.4 is 5.32 Å². The van der Waals surface area contributed by atoms with Gasteiger partial charge in [0.1, 0.15) is 11.6 Å². The van der Waals surface area contributed by atoms with Crippen LogP contribution in [0.3, 0.4) is 0 Å². The van der Waals surface area contributed by atoms with Crippen molar-refractivity contribution in [3.63, 3.8) is 0 Å². The molecule has 1 saturated carbocycles. The van der Waals surface area contributed by atoms with Gasteiger partial charge in [-0.3, -0.25) is 9.59 Å². The highest BCUT2D eigenvalue weighted by atomic mass is 32.1. The average molecular weight is 278 g/mol. The lowest BCUT2D eigenvalue weighted by Gasteiger charge is -2.46. The molecule has 2 unspecified atom stereocenters. The Morgan fingerprint density at radius 2 is 2.21 bits per heavy atom. The van der Waals surface area contributed by atoms with Gasteiger partial charge in [-0.25, -0.2) is 0 Å². The smallest absolute Gasteiger partial charge is 0.246 e. The molecule has 0 radical (unpaired) electrons. The molecule has 19 heavy (non-hydrogen) atoms. The fourth-order valence-corrected chi connectivity index (χ4v) is 3.51. The number of nitrogens with one attached hydrogen (secondary N) is 1. The minimum atomic E-state index is -0.675. The summed E-state index contributed by atoms with van der Waals surface area (Å²) in [6.45, 7) is 4.20. The summed E-state index contributed by atoms with van der Waals surface area (Å²) >= 11 is 1.62. The Morgan fingerprint density at radius 3 is 2.79 bits per heavy atom. The fourth-order valence-electron chi connectivity index (χ4n) is 2.85. The molecule has 2 heterocycles. The molecule has 102 valence electrons. The van der Waals surface area contributed by atoms with Crippen molar-refractivity contribution in [2.24, 2.45) is 5.92 Å². The highest BCUT2D eigenvalue weighted by Gasteiger charge is 2.56. The molecular weight excluding hydrogens is 260 g/mol. The van der Waals surface area contributed by atoms with E-state index in [9.17, 15) is 9.59 Å². The molecule has 2 fully saturated rings. The number of hydrogen-bond acceptors (Lipinski definition) is 3. The van der Waals surface area contributed by atoms with E-state index < -0.39 is 11.6 Å². The lowest BCUT2D eigenvalue weighted by atomic mass is 9.88. The maximum Gasteiger partial charge on any atom is 0.246 e. The average Bonchev–Trinajstić information content (AvgIpc) is 3.11. The van der Waals surface area contributed by atoms with Crippen LogP contribution in [0, 0.1) is 5.92 Å². The van der Waals surface area contributed by atoms with Gasteiger partial charge in [0.25, 0.3) is 0 Å². The Hall–Kier alpha value is -1.36. The van der Waals surface area contributed by atoms with E-state index >= 15 is 0 Å². The van der Waals surface area contributed by atoms with Crippen LogP contribution in [0.5, 0.6) is 0 Å². The summed E-state index contributed by atoms with van der Waals surface area (Å²) in [5.74, 6) is 0.333. The second kappa shape index (κ2) is 4.34. The van der Waals surface area contributed by atoms with Crippen LogP contribution in [-0.2, 0) is 16.1 Å². The first-order valence-corrected chi connectivity index (χ1v) is 7.61. The Kier molecular flexibility index (Phi) is 2.89. The first-order chi connectivity index (χ1) is 9.03. The zero-order valence-corrected chi connectivity index (χ0v) is 12.0. The van der Waals surface area contributed by atoms with Gasteiger partial charge in [-0.2, -0.15) is 11.3 Å². The SMILES string of the molecule is CC1NC(=O)C(C)(C2CC2)N(Cc2ccsc2)C1=O. The molecule has 1 aromatic heterocycles. The van der Waals surface area contributed by atoms with Gasteiger partial charge >= 0.3 is 0 Å². The largest absolute Gasteiger partial charge is 0.343 e. The topological polar surface area (TPSA) is 49.4 Å². The Bertz CT molecular complexity index is 510. The van der Waals surface area contributed by atoms with Crippen LogP contribution in [0.25, 0.3) is 0 Å². The Labute approximate surface area is 116 Å². The van der Waals surface area contributed by atoms with Crippen LogP contribution in [0.2, 0.25) is 0 Å². The van der Waals surface area contributed by atoms with Gasteiger partial charge in [0.15, 0.2) is 0 Å². The molecule has 3 rings (SSSR count). The van der Waals surface area contributed by atoms with Crippen molar-refractivity contribution < 1.29 is 9.59 Å². The van der Waals surface area contributed by atoms with Crippen molar-refractivity contribution in [1.82, 2.24) is 10.2 Å². The number of carbonyl (C=O) groups is 2. The third-order valence-corrected chi connectivity index (χ3v) is 5.03. The van der Waals surface area contributed by atoms with Gasteiger partial charge in [-0.05, 0) is 55.0 Å². The summed E-state index contributed by atoms with van der Waals surface area (Å²) < 4.78 is 0. The van der Waals surface area contributed by atoms with Crippen molar-refractivity contribution in [2.75, 3.05) is 0 Å². The minimum absolute atomic E-state index is 0.00247. The molecule has 0 spiro atoms. The third kappa shape index (κ3) is 1.96. The highest BCUT2D eigenvalue weighted by molar-refractivity contribution is 7.07. The van der Waals surface area contributed by atoms with Crippen LogP contribution in [0.15, 0.2) is 16.8 Å². The minimum Gasteiger partial charge on any atom is -0.343 e. The Balaban J connectivity index is 1.94. The maximum atomic E-state index is 12.5. The number of piperazine rings is 1. The number of carbonyl (C=O) groups excluding carboxylic acids is 2. The van der Waals surface area contributed by atoms with Gasteiger partial charge in [0.05, 0.1) is 0 Å². The number of amides is 2. The van der Waals surface area contributed by atoms with Gasteiger partial charge in [-0.15, -0.1) is 0 Å². The van der Waals surface area contributed by atoms with E-state index in [0.717, 1.165) is 18.4 Å². The van der Waals surface area contributed by atoms with Crippen molar-refractivity contribution in [3.8, 4) is 0 Å². The molecule has 2 aliphatic rings. The number of rotatable bonds is 3. The predicted octanol–water partition coefficient (Wildman–Crippen LogP) is 1.76. The third-order valence-electron chi connectivity index (χ3n) is 4.30. The van der Waals surface area contributed by atoms with Gasteiger partial charge in [0.2, 0.25) is 11.8 Å². The molecule has 1 aliphatic carbocycles. The lowest BCUT2D eigenvalue weighted by Crippen LogP contribution is -2.69. The van der Waals surface area contributed by atoms with Crippen LogP contribution in [0.1, 0.15) is 32.3 Å². The van der Waals surface area contributed by atoms with E-state index in [2.05, 4.69) is 5.32 Å². The molecule has 5 heteroatoms. The normalized spacial score (nSPS) is 31.5. The van der Waals surface area contributed by atoms with E-state index in [-0.39, 0.29) is 11.8 Å². The predicted molar refractivity (Wildman–Crippen MR) is 73.6 cm³/mol. The molecule has 1 N–H and O–H groups in total.